The summed E-state index contributed by atoms with van der Waals surface area (Å²) in [5.41, 5.74) is 0.549. The van der Waals surface area contributed by atoms with E-state index in [4.69, 9.17) is 16.3 Å². The second kappa shape index (κ2) is 7.08. The smallest absolute Gasteiger partial charge is 0.308 e. The van der Waals surface area contributed by atoms with E-state index in [1.807, 2.05) is 0 Å². The molecule has 1 aliphatic heterocycles. The van der Waals surface area contributed by atoms with Gasteiger partial charge in [0.15, 0.2) is 0 Å². The van der Waals surface area contributed by atoms with Crippen LogP contribution in [0.2, 0.25) is 5.02 Å². The Morgan fingerprint density at radius 3 is 2.89 bits per heavy atom. The SMILES string of the molecule is COC(=O)C1CCNC(c2ccc(Cl)cc2F)C1.Cl. The zero-order chi connectivity index (χ0) is 13.1. The molecule has 19 heavy (non-hydrogen) atoms. The van der Waals surface area contributed by atoms with Gasteiger partial charge in [0.2, 0.25) is 0 Å². The fourth-order valence-electron chi connectivity index (χ4n) is 2.32. The Labute approximate surface area is 122 Å². The topological polar surface area (TPSA) is 38.3 Å². The van der Waals surface area contributed by atoms with Crippen molar-refractivity contribution in [2.24, 2.45) is 5.92 Å². The van der Waals surface area contributed by atoms with Gasteiger partial charge in [-0.3, -0.25) is 4.79 Å². The van der Waals surface area contributed by atoms with Crippen LogP contribution in [0.3, 0.4) is 0 Å². The molecule has 0 aliphatic carbocycles. The highest BCUT2D eigenvalue weighted by molar-refractivity contribution is 6.30. The second-order valence-corrected chi connectivity index (χ2v) is 4.85. The van der Waals surface area contributed by atoms with Gasteiger partial charge in [0, 0.05) is 16.6 Å². The number of piperidine rings is 1. The zero-order valence-corrected chi connectivity index (χ0v) is 12.1. The van der Waals surface area contributed by atoms with Crippen LogP contribution >= 0.6 is 24.0 Å². The van der Waals surface area contributed by atoms with Gasteiger partial charge in [0.1, 0.15) is 5.82 Å². The first kappa shape index (κ1) is 16.2. The second-order valence-electron chi connectivity index (χ2n) is 4.42. The zero-order valence-electron chi connectivity index (χ0n) is 10.5. The van der Waals surface area contributed by atoms with Crippen molar-refractivity contribution in [3.63, 3.8) is 0 Å². The van der Waals surface area contributed by atoms with E-state index < -0.39 is 0 Å². The van der Waals surface area contributed by atoms with Crippen molar-refractivity contribution in [3.05, 3.63) is 34.6 Å². The average Bonchev–Trinajstić information content (AvgIpc) is 2.38. The van der Waals surface area contributed by atoms with Crippen LogP contribution in [0.5, 0.6) is 0 Å². The highest BCUT2D eigenvalue weighted by Crippen LogP contribution is 2.30. The maximum atomic E-state index is 13.8. The molecule has 0 amide bonds. The summed E-state index contributed by atoms with van der Waals surface area (Å²) in [4.78, 5) is 11.5. The summed E-state index contributed by atoms with van der Waals surface area (Å²) >= 11 is 5.72. The number of hydrogen-bond donors (Lipinski definition) is 1. The predicted molar refractivity (Wildman–Crippen MR) is 74.1 cm³/mol. The monoisotopic (exact) mass is 307 g/mol. The fourth-order valence-corrected chi connectivity index (χ4v) is 2.48. The van der Waals surface area contributed by atoms with Crippen molar-refractivity contribution in [3.8, 4) is 0 Å². The number of carbonyl (C=O) groups excluding carboxylic acids is 1. The van der Waals surface area contributed by atoms with E-state index in [2.05, 4.69) is 5.32 Å². The Bertz CT molecular complexity index is 456. The summed E-state index contributed by atoms with van der Waals surface area (Å²) in [7, 11) is 1.38. The first-order chi connectivity index (χ1) is 8.61. The van der Waals surface area contributed by atoms with Gasteiger partial charge >= 0.3 is 5.97 Å². The first-order valence-electron chi connectivity index (χ1n) is 5.88. The fraction of sp³-hybridized carbons (Fsp3) is 0.462. The minimum Gasteiger partial charge on any atom is -0.469 e. The lowest BCUT2D eigenvalue weighted by molar-refractivity contribution is -0.146. The Balaban J connectivity index is 0.00000180. The Morgan fingerprint density at radius 2 is 2.26 bits per heavy atom. The summed E-state index contributed by atoms with van der Waals surface area (Å²) in [6, 6.07) is 4.44. The number of halogens is 3. The molecule has 1 aromatic carbocycles. The van der Waals surface area contributed by atoms with Crippen LogP contribution in [-0.2, 0) is 9.53 Å². The molecule has 0 aromatic heterocycles. The number of nitrogens with one attached hydrogen (secondary N) is 1. The maximum Gasteiger partial charge on any atom is 0.308 e. The number of ether oxygens (including phenoxy) is 1. The van der Waals surface area contributed by atoms with Crippen molar-refractivity contribution < 1.29 is 13.9 Å². The Morgan fingerprint density at radius 1 is 1.53 bits per heavy atom. The van der Waals surface area contributed by atoms with E-state index in [0.29, 0.717) is 23.6 Å². The van der Waals surface area contributed by atoms with Gasteiger partial charge in [0.05, 0.1) is 13.0 Å². The highest BCUT2D eigenvalue weighted by atomic mass is 35.5. The van der Waals surface area contributed by atoms with Crippen LogP contribution in [0.15, 0.2) is 18.2 Å². The standard InChI is InChI=1S/C13H15ClFNO2.ClH/c1-18-13(17)8-4-5-16-12(6-8)10-3-2-9(14)7-11(10)15;/h2-3,7-8,12,16H,4-6H2,1H3;1H. The predicted octanol–water partition coefficient (Wildman–Crippen LogP) is 3.11. The molecule has 1 saturated heterocycles. The van der Waals surface area contributed by atoms with Gasteiger partial charge in [-0.1, -0.05) is 17.7 Å². The third-order valence-electron chi connectivity index (χ3n) is 3.28. The molecule has 6 heteroatoms. The van der Waals surface area contributed by atoms with Crippen LogP contribution in [0.1, 0.15) is 24.4 Å². The maximum absolute atomic E-state index is 13.8. The number of hydrogen-bond acceptors (Lipinski definition) is 3. The number of methoxy groups -OCH3 is 1. The summed E-state index contributed by atoms with van der Waals surface area (Å²) in [5.74, 6) is -0.738. The van der Waals surface area contributed by atoms with E-state index in [0.717, 1.165) is 6.42 Å². The molecule has 0 radical (unpaired) electrons. The summed E-state index contributed by atoms with van der Waals surface area (Å²) in [6.07, 6.45) is 1.27. The molecule has 1 fully saturated rings. The van der Waals surface area contributed by atoms with E-state index in [1.165, 1.54) is 13.2 Å². The largest absolute Gasteiger partial charge is 0.469 e. The molecule has 2 atom stereocenters. The highest BCUT2D eigenvalue weighted by Gasteiger charge is 2.29. The average molecular weight is 308 g/mol. The minimum atomic E-state index is -0.342. The van der Waals surface area contributed by atoms with Gasteiger partial charge in [-0.05, 0) is 31.5 Å². The van der Waals surface area contributed by atoms with Crippen LogP contribution < -0.4 is 5.32 Å². The number of rotatable bonds is 2. The molecule has 1 heterocycles. The van der Waals surface area contributed by atoms with Crippen LogP contribution in [0, 0.1) is 11.7 Å². The van der Waals surface area contributed by atoms with Crippen molar-refractivity contribution in [2.75, 3.05) is 13.7 Å². The molecule has 1 aliphatic rings. The molecule has 0 saturated carbocycles. The van der Waals surface area contributed by atoms with E-state index in [-0.39, 0.29) is 36.2 Å². The molecule has 0 spiro atoms. The molecule has 1 N–H and O–H groups in total. The molecule has 106 valence electrons. The van der Waals surface area contributed by atoms with Gasteiger partial charge < -0.3 is 10.1 Å². The Kier molecular flexibility index (Phi) is 6.04. The lowest BCUT2D eigenvalue weighted by atomic mass is 9.88. The van der Waals surface area contributed by atoms with Crippen molar-refractivity contribution in [1.82, 2.24) is 5.32 Å². The molecule has 2 unspecified atom stereocenters. The first-order valence-corrected chi connectivity index (χ1v) is 6.25. The summed E-state index contributed by atoms with van der Waals surface area (Å²) in [6.45, 7) is 0.673. The summed E-state index contributed by atoms with van der Waals surface area (Å²) < 4.78 is 18.5. The lowest BCUT2D eigenvalue weighted by Gasteiger charge is -2.29. The lowest BCUT2D eigenvalue weighted by Crippen LogP contribution is -2.35. The van der Waals surface area contributed by atoms with Crippen molar-refractivity contribution >= 4 is 30.0 Å². The molecule has 3 nitrogen and oxygen atoms in total. The molecule has 2 rings (SSSR count). The molecular formula is C13H16Cl2FNO2. The minimum absolute atomic E-state index is 0. The van der Waals surface area contributed by atoms with Crippen molar-refractivity contribution in [1.29, 1.82) is 0 Å². The number of esters is 1. The summed E-state index contributed by atoms with van der Waals surface area (Å²) in [5, 5.41) is 3.59. The van der Waals surface area contributed by atoms with Gasteiger partial charge in [0.25, 0.3) is 0 Å². The third kappa shape index (κ3) is 3.81. The molecule has 1 aromatic rings. The normalized spacial score (nSPS) is 22.5. The van der Waals surface area contributed by atoms with Crippen LogP contribution in [-0.4, -0.2) is 19.6 Å². The van der Waals surface area contributed by atoms with Crippen molar-refractivity contribution in [2.45, 2.75) is 18.9 Å². The van der Waals surface area contributed by atoms with Gasteiger partial charge in [-0.2, -0.15) is 0 Å². The number of carbonyl (C=O) groups is 1. The molecular weight excluding hydrogens is 292 g/mol. The molecule has 0 bridgehead atoms. The van der Waals surface area contributed by atoms with Crippen LogP contribution in [0.4, 0.5) is 4.39 Å². The third-order valence-corrected chi connectivity index (χ3v) is 3.51. The quantitative estimate of drug-likeness (QED) is 0.853. The van der Waals surface area contributed by atoms with E-state index in [1.54, 1.807) is 12.1 Å². The Hall–Kier alpha value is -0.840. The van der Waals surface area contributed by atoms with Gasteiger partial charge in [-0.15, -0.1) is 12.4 Å². The van der Waals surface area contributed by atoms with Gasteiger partial charge in [-0.25, -0.2) is 4.39 Å². The van der Waals surface area contributed by atoms with E-state index >= 15 is 0 Å². The van der Waals surface area contributed by atoms with Crippen LogP contribution in [0.25, 0.3) is 0 Å². The van der Waals surface area contributed by atoms with E-state index in [9.17, 15) is 9.18 Å². The number of benzene rings is 1.